The first-order chi connectivity index (χ1) is 16.7. The molecule has 1 amide bonds. The fourth-order valence-electron chi connectivity index (χ4n) is 3.90. The van der Waals surface area contributed by atoms with Crippen LogP contribution in [-0.2, 0) is 9.53 Å². The number of aromatic nitrogens is 3. The number of nitrogens with one attached hydrogen (secondary N) is 2. The molecule has 0 saturated carbocycles. The number of nitrogens with zero attached hydrogens (tertiary/aromatic N) is 4. The van der Waals surface area contributed by atoms with Gasteiger partial charge in [-0.15, -0.1) is 0 Å². The molecule has 8 nitrogen and oxygen atoms in total. The molecule has 2 aromatic carbocycles. The Bertz CT molecular complexity index is 1330. The molecular formula is C26H24N6O2. The molecule has 8 heteroatoms. The Morgan fingerprint density at radius 1 is 1.06 bits per heavy atom. The van der Waals surface area contributed by atoms with Crippen LogP contribution >= 0.6 is 0 Å². The zero-order chi connectivity index (χ0) is 23.3. The Morgan fingerprint density at radius 2 is 1.88 bits per heavy atom. The molecule has 4 aromatic rings. The average Bonchev–Trinajstić information content (AvgIpc) is 2.89. The molecule has 1 saturated heterocycles. The SMILES string of the molecule is C=CC(=O)Nc1cc(-c2cccc3cnc(Nc4ccc(N5CCOCC5)cc4)nc23)ccn1. The molecule has 34 heavy (non-hydrogen) atoms. The zero-order valence-corrected chi connectivity index (χ0v) is 18.6. The van der Waals surface area contributed by atoms with Gasteiger partial charge < -0.3 is 20.3 Å². The van der Waals surface area contributed by atoms with E-state index in [0.717, 1.165) is 54.0 Å². The van der Waals surface area contributed by atoms with Crippen molar-refractivity contribution < 1.29 is 9.53 Å². The van der Waals surface area contributed by atoms with Crippen molar-refractivity contribution in [3.8, 4) is 11.1 Å². The van der Waals surface area contributed by atoms with Crippen LogP contribution in [0.4, 0.5) is 23.1 Å². The van der Waals surface area contributed by atoms with E-state index in [1.807, 2.05) is 42.5 Å². The highest BCUT2D eigenvalue weighted by Gasteiger charge is 2.12. The number of para-hydroxylation sites is 1. The number of carbonyl (C=O) groups is 1. The molecule has 0 bridgehead atoms. The summed E-state index contributed by atoms with van der Waals surface area (Å²) in [7, 11) is 0. The van der Waals surface area contributed by atoms with Crippen molar-refractivity contribution in [2.45, 2.75) is 0 Å². The molecule has 3 heterocycles. The van der Waals surface area contributed by atoms with Crippen molar-refractivity contribution in [2.24, 2.45) is 0 Å². The number of ether oxygens (including phenoxy) is 1. The normalized spacial score (nSPS) is 13.5. The lowest BCUT2D eigenvalue weighted by molar-refractivity contribution is -0.111. The lowest BCUT2D eigenvalue weighted by atomic mass is 10.0. The third kappa shape index (κ3) is 4.72. The minimum Gasteiger partial charge on any atom is -0.378 e. The van der Waals surface area contributed by atoms with Crippen LogP contribution in [0.1, 0.15) is 0 Å². The average molecular weight is 453 g/mol. The minimum atomic E-state index is -0.309. The summed E-state index contributed by atoms with van der Waals surface area (Å²) in [6.07, 6.45) is 4.67. The van der Waals surface area contributed by atoms with Crippen molar-refractivity contribution >= 4 is 40.0 Å². The quantitative estimate of drug-likeness (QED) is 0.419. The van der Waals surface area contributed by atoms with E-state index >= 15 is 0 Å². The summed E-state index contributed by atoms with van der Waals surface area (Å²) in [6, 6.07) is 17.9. The molecular weight excluding hydrogens is 428 g/mol. The molecule has 0 unspecified atom stereocenters. The van der Waals surface area contributed by atoms with E-state index in [1.165, 1.54) is 11.8 Å². The van der Waals surface area contributed by atoms with Gasteiger partial charge in [-0.05, 0) is 48.0 Å². The van der Waals surface area contributed by atoms with E-state index in [2.05, 4.69) is 44.2 Å². The molecule has 0 spiro atoms. The van der Waals surface area contributed by atoms with E-state index in [1.54, 1.807) is 12.4 Å². The van der Waals surface area contributed by atoms with Gasteiger partial charge >= 0.3 is 0 Å². The van der Waals surface area contributed by atoms with Crippen LogP contribution in [0, 0.1) is 0 Å². The van der Waals surface area contributed by atoms with E-state index in [9.17, 15) is 4.79 Å². The zero-order valence-electron chi connectivity index (χ0n) is 18.6. The molecule has 0 atom stereocenters. The maximum absolute atomic E-state index is 11.7. The third-order valence-corrected chi connectivity index (χ3v) is 5.62. The predicted molar refractivity (Wildman–Crippen MR) is 134 cm³/mol. The maximum atomic E-state index is 11.7. The van der Waals surface area contributed by atoms with Crippen molar-refractivity contribution in [3.63, 3.8) is 0 Å². The van der Waals surface area contributed by atoms with Crippen LogP contribution in [0.5, 0.6) is 0 Å². The first-order valence-electron chi connectivity index (χ1n) is 11.0. The first-order valence-corrected chi connectivity index (χ1v) is 11.0. The van der Waals surface area contributed by atoms with Gasteiger partial charge in [0.25, 0.3) is 0 Å². The molecule has 2 aromatic heterocycles. The first kappa shape index (κ1) is 21.5. The third-order valence-electron chi connectivity index (χ3n) is 5.62. The van der Waals surface area contributed by atoms with Crippen LogP contribution in [0.3, 0.4) is 0 Å². The second-order valence-corrected chi connectivity index (χ2v) is 7.83. The summed E-state index contributed by atoms with van der Waals surface area (Å²) in [5.41, 5.74) is 4.69. The maximum Gasteiger partial charge on any atom is 0.248 e. The van der Waals surface area contributed by atoms with Gasteiger partial charge in [-0.25, -0.2) is 15.0 Å². The topological polar surface area (TPSA) is 92.3 Å². The number of benzene rings is 2. The molecule has 0 aliphatic carbocycles. The van der Waals surface area contributed by atoms with Crippen LogP contribution in [0.25, 0.3) is 22.0 Å². The standard InChI is InChI=1S/C26H24N6O2/c1-2-24(33)30-23-16-18(10-11-27-23)22-5-3-4-19-17-28-26(31-25(19)22)29-20-6-8-21(9-7-20)32-12-14-34-15-13-32/h2-11,16-17H,1,12-15H2,(H,27,30,33)(H,28,29,31). The largest absolute Gasteiger partial charge is 0.378 e. The molecule has 170 valence electrons. The van der Waals surface area contributed by atoms with E-state index in [0.29, 0.717) is 11.8 Å². The number of anilines is 4. The lowest BCUT2D eigenvalue weighted by Gasteiger charge is -2.28. The number of morpholine rings is 1. The fourth-order valence-corrected chi connectivity index (χ4v) is 3.90. The van der Waals surface area contributed by atoms with Crippen LogP contribution in [0.2, 0.25) is 0 Å². The van der Waals surface area contributed by atoms with Gasteiger partial charge in [0, 0.05) is 47.8 Å². The number of fused-ring (bicyclic) bond motifs is 1. The van der Waals surface area contributed by atoms with Gasteiger partial charge in [0.2, 0.25) is 11.9 Å². The Kier molecular flexibility index (Phi) is 6.13. The van der Waals surface area contributed by atoms with Gasteiger partial charge in [-0.3, -0.25) is 4.79 Å². The number of hydrogen-bond acceptors (Lipinski definition) is 7. The lowest BCUT2D eigenvalue weighted by Crippen LogP contribution is -2.36. The summed E-state index contributed by atoms with van der Waals surface area (Å²) in [5.74, 6) is 0.650. The fraction of sp³-hybridized carbons (Fsp3) is 0.154. The highest BCUT2D eigenvalue weighted by atomic mass is 16.5. The Morgan fingerprint density at radius 3 is 2.68 bits per heavy atom. The molecule has 0 radical (unpaired) electrons. The molecule has 1 fully saturated rings. The summed E-state index contributed by atoms with van der Waals surface area (Å²) in [6.45, 7) is 6.79. The summed E-state index contributed by atoms with van der Waals surface area (Å²) in [5, 5.41) is 6.92. The minimum absolute atomic E-state index is 0.309. The summed E-state index contributed by atoms with van der Waals surface area (Å²) in [4.78, 5) is 27.5. The molecule has 2 N–H and O–H groups in total. The van der Waals surface area contributed by atoms with Crippen LogP contribution in [-0.4, -0.2) is 47.2 Å². The van der Waals surface area contributed by atoms with E-state index in [4.69, 9.17) is 9.72 Å². The number of rotatable bonds is 6. The van der Waals surface area contributed by atoms with Gasteiger partial charge in [0.05, 0.1) is 18.7 Å². The van der Waals surface area contributed by atoms with E-state index in [-0.39, 0.29) is 5.91 Å². The van der Waals surface area contributed by atoms with Gasteiger partial charge in [-0.1, -0.05) is 24.8 Å². The van der Waals surface area contributed by atoms with E-state index < -0.39 is 0 Å². The van der Waals surface area contributed by atoms with Crippen molar-refractivity contribution in [1.82, 2.24) is 15.0 Å². The van der Waals surface area contributed by atoms with Gasteiger partial charge in [-0.2, -0.15) is 0 Å². The second kappa shape index (κ2) is 9.68. The van der Waals surface area contributed by atoms with Gasteiger partial charge in [0.15, 0.2) is 0 Å². The molecule has 5 rings (SSSR count). The number of amides is 1. The number of carbonyl (C=O) groups excluding carboxylic acids is 1. The Balaban J connectivity index is 1.41. The molecule has 1 aliphatic rings. The smallest absolute Gasteiger partial charge is 0.248 e. The second-order valence-electron chi connectivity index (χ2n) is 7.83. The monoisotopic (exact) mass is 452 g/mol. The molecule has 1 aliphatic heterocycles. The van der Waals surface area contributed by atoms with Crippen molar-refractivity contribution in [2.75, 3.05) is 41.8 Å². The highest BCUT2D eigenvalue weighted by Crippen LogP contribution is 2.29. The predicted octanol–water partition coefficient (Wildman–Crippen LogP) is 4.40. The summed E-state index contributed by atoms with van der Waals surface area (Å²) >= 11 is 0. The Hall–Kier alpha value is -4.30. The van der Waals surface area contributed by atoms with Gasteiger partial charge in [0.1, 0.15) is 5.82 Å². The number of pyridine rings is 1. The van der Waals surface area contributed by atoms with Crippen LogP contribution in [0.15, 0.2) is 79.6 Å². The van der Waals surface area contributed by atoms with Crippen molar-refractivity contribution in [3.05, 3.63) is 79.6 Å². The highest BCUT2D eigenvalue weighted by molar-refractivity contribution is 5.99. The van der Waals surface area contributed by atoms with Crippen molar-refractivity contribution in [1.29, 1.82) is 0 Å². The number of hydrogen-bond donors (Lipinski definition) is 2. The Labute approximate surface area is 197 Å². The summed E-state index contributed by atoms with van der Waals surface area (Å²) < 4.78 is 5.43. The van der Waals surface area contributed by atoms with Crippen LogP contribution < -0.4 is 15.5 Å².